The number of rotatable bonds is 1. The van der Waals surface area contributed by atoms with Gasteiger partial charge in [-0.15, -0.1) is 0 Å². The van der Waals surface area contributed by atoms with Crippen LogP contribution in [0.15, 0.2) is 18.2 Å². The van der Waals surface area contributed by atoms with E-state index < -0.39 is 17.6 Å². The molecule has 1 saturated heterocycles. The topological polar surface area (TPSA) is 61.4 Å². The van der Waals surface area contributed by atoms with Gasteiger partial charge in [-0.1, -0.05) is 11.6 Å². The highest BCUT2D eigenvalue weighted by Gasteiger charge is 2.23. The van der Waals surface area contributed by atoms with Crippen LogP contribution in [0.25, 0.3) is 0 Å². The highest BCUT2D eigenvalue weighted by molar-refractivity contribution is 6.41. The lowest BCUT2D eigenvalue weighted by Crippen LogP contribution is -2.49. The van der Waals surface area contributed by atoms with Gasteiger partial charge < -0.3 is 15.5 Å². The minimum absolute atomic E-state index is 0.0569. The summed E-state index contributed by atoms with van der Waals surface area (Å²) in [6.45, 7) is 2.31. The highest BCUT2D eigenvalue weighted by Crippen LogP contribution is 2.22. The summed E-state index contributed by atoms with van der Waals surface area (Å²) in [5, 5.41) is 5.53. The van der Waals surface area contributed by atoms with Crippen molar-refractivity contribution in [2.45, 2.75) is 0 Å². The molecule has 7 heteroatoms. The van der Waals surface area contributed by atoms with Crippen molar-refractivity contribution in [3.05, 3.63) is 29.0 Å². The zero-order valence-corrected chi connectivity index (χ0v) is 10.8. The molecule has 2 amide bonds. The van der Waals surface area contributed by atoms with Gasteiger partial charge in [0.25, 0.3) is 0 Å². The van der Waals surface area contributed by atoms with Gasteiger partial charge in [-0.05, 0) is 18.2 Å². The van der Waals surface area contributed by atoms with Crippen LogP contribution in [-0.2, 0) is 9.59 Å². The third kappa shape index (κ3) is 3.42. The van der Waals surface area contributed by atoms with E-state index in [0.717, 1.165) is 12.1 Å². The van der Waals surface area contributed by atoms with Crippen molar-refractivity contribution in [3.63, 3.8) is 0 Å². The van der Waals surface area contributed by atoms with Gasteiger partial charge in [0, 0.05) is 26.2 Å². The van der Waals surface area contributed by atoms with Crippen LogP contribution in [0, 0.1) is 5.82 Å². The molecule has 5 nitrogen and oxygen atoms in total. The lowest BCUT2D eigenvalue weighted by atomic mass is 10.3. The quantitative estimate of drug-likeness (QED) is 0.752. The summed E-state index contributed by atoms with van der Waals surface area (Å²) in [4.78, 5) is 25.1. The van der Waals surface area contributed by atoms with Crippen molar-refractivity contribution >= 4 is 29.1 Å². The first-order valence-electron chi connectivity index (χ1n) is 5.84. The molecule has 0 radical (unpaired) electrons. The third-order valence-electron chi connectivity index (χ3n) is 2.78. The Morgan fingerprint density at radius 2 is 2.00 bits per heavy atom. The average molecular weight is 286 g/mol. The first-order chi connectivity index (χ1) is 9.08. The van der Waals surface area contributed by atoms with Gasteiger partial charge in [-0.3, -0.25) is 9.59 Å². The number of halogens is 2. The van der Waals surface area contributed by atoms with Crippen LogP contribution in [-0.4, -0.2) is 42.9 Å². The SMILES string of the molecule is O=C(Nc1ccc(F)cc1Cl)C(=O)N1CCNCC1. The van der Waals surface area contributed by atoms with Gasteiger partial charge in [0.15, 0.2) is 0 Å². The molecular weight excluding hydrogens is 273 g/mol. The maximum Gasteiger partial charge on any atom is 0.313 e. The molecule has 102 valence electrons. The number of amides is 2. The molecule has 0 aliphatic carbocycles. The van der Waals surface area contributed by atoms with E-state index in [0.29, 0.717) is 26.2 Å². The predicted molar refractivity (Wildman–Crippen MR) is 69.5 cm³/mol. The number of hydrogen-bond donors (Lipinski definition) is 2. The summed E-state index contributed by atoms with van der Waals surface area (Å²) in [6, 6.07) is 3.56. The van der Waals surface area contributed by atoms with E-state index >= 15 is 0 Å². The van der Waals surface area contributed by atoms with Crippen LogP contribution in [0.5, 0.6) is 0 Å². The minimum Gasteiger partial charge on any atom is -0.332 e. The van der Waals surface area contributed by atoms with Crippen molar-refractivity contribution in [2.24, 2.45) is 0 Å². The number of nitrogens with one attached hydrogen (secondary N) is 2. The maximum absolute atomic E-state index is 12.9. The Hall–Kier alpha value is -1.66. The van der Waals surface area contributed by atoms with E-state index in [-0.39, 0.29) is 10.7 Å². The fraction of sp³-hybridized carbons (Fsp3) is 0.333. The molecule has 2 rings (SSSR count). The van der Waals surface area contributed by atoms with Crippen LogP contribution in [0.4, 0.5) is 10.1 Å². The number of benzene rings is 1. The molecule has 0 unspecified atom stereocenters. The van der Waals surface area contributed by atoms with Gasteiger partial charge in [-0.25, -0.2) is 4.39 Å². The number of anilines is 1. The molecule has 1 aromatic carbocycles. The summed E-state index contributed by atoms with van der Waals surface area (Å²) in [5.74, 6) is -1.88. The van der Waals surface area contributed by atoms with Gasteiger partial charge >= 0.3 is 11.8 Å². The first-order valence-corrected chi connectivity index (χ1v) is 6.22. The summed E-state index contributed by atoms with van der Waals surface area (Å²) in [6.07, 6.45) is 0. The lowest BCUT2D eigenvalue weighted by Gasteiger charge is -2.26. The van der Waals surface area contributed by atoms with Crippen LogP contribution in [0.2, 0.25) is 5.02 Å². The predicted octanol–water partition coefficient (Wildman–Crippen LogP) is 0.849. The molecular formula is C12H13ClFN3O2. The molecule has 0 atom stereocenters. The molecule has 1 aliphatic rings. The van der Waals surface area contributed by atoms with E-state index in [4.69, 9.17) is 11.6 Å². The second kappa shape index (κ2) is 5.99. The Balaban J connectivity index is 2.01. The Bertz CT molecular complexity index is 504. The number of hydrogen-bond acceptors (Lipinski definition) is 3. The van der Waals surface area contributed by atoms with Crippen molar-refractivity contribution in [2.75, 3.05) is 31.5 Å². The van der Waals surface area contributed by atoms with Crippen LogP contribution in [0.3, 0.4) is 0 Å². The second-order valence-corrected chi connectivity index (χ2v) is 4.53. The number of carbonyl (C=O) groups excluding carboxylic acids is 2. The largest absolute Gasteiger partial charge is 0.332 e. The summed E-state index contributed by atoms with van der Waals surface area (Å²) in [7, 11) is 0. The van der Waals surface area contributed by atoms with Gasteiger partial charge in [0.05, 0.1) is 10.7 Å². The maximum atomic E-state index is 12.9. The minimum atomic E-state index is -0.768. The highest BCUT2D eigenvalue weighted by atomic mass is 35.5. The van der Waals surface area contributed by atoms with Crippen LogP contribution < -0.4 is 10.6 Å². The van der Waals surface area contributed by atoms with Crippen LogP contribution in [0.1, 0.15) is 0 Å². The number of piperazine rings is 1. The summed E-state index contributed by atoms with van der Waals surface area (Å²) in [5.41, 5.74) is 0.219. The molecule has 0 spiro atoms. The molecule has 1 fully saturated rings. The van der Waals surface area contributed by atoms with Crippen molar-refractivity contribution in [1.29, 1.82) is 0 Å². The fourth-order valence-electron chi connectivity index (χ4n) is 1.78. The van der Waals surface area contributed by atoms with E-state index in [1.54, 1.807) is 0 Å². The van der Waals surface area contributed by atoms with E-state index in [9.17, 15) is 14.0 Å². The molecule has 0 aromatic heterocycles. The fourth-order valence-corrected chi connectivity index (χ4v) is 1.99. The zero-order valence-electron chi connectivity index (χ0n) is 10.1. The zero-order chi connectivity index (χ0) is 13.8. The molecule has 1 heterocycles. The summed E-state index contributed by atoms with van der Waals surface area (Å²) >= 11 is 5.77. The van der Waals surface area contributed by atoms with Crippen molar-refractivity contribution in [1.82, 2.24) is 10.2 Å². The average Bonchev–Trinajstić information content (AvgIpc) is 2.42. The molecule has 0 bridgehead atoms. The Kier molecular flexibility index (Phi) is 4.34. The number of nitrogens with zero attached hydrogens (tertiary/aromatic N) is 1. The second-order valence-electron chi connectivity index (χ2n) is 4.12. The van der Waals surface area contributed by atoms with Crippen molar-refractivity contribution < 1.29 is 14.0 Å². The Morgan fingerprint density at radius 3 is 2.63 bits per heavy atom. The molecule has 1 aliphatic heterocycles. The third-order valence-corrected chi connectivity index (χ3v) is 3.09. The van der Waals surface area contributed by atoms with E-state index in [1.807, 2.05) is 0 Å². The van der Waals surface area contributed by atoms with Gasteiger partial charge in [-0.2, -0.15) is 0 Å². The monoisotopic (exact) mass is 285 g/mol. The summed E-state index contributed by atoms with van der Waals surface area (Å²) < 4.78 is 12.9. The standard InChI is InChI=1S/C12H13ClFN3O2/c13-9-7-8(14)1-2-10(9)16-11(18)12(19)17-5-3-15-4-6-17/h1-2,7,15H,3-6H2,(H,16,18). The first kappa shape index (κ1) is 13.8. The lowest BCUT2D eigenvalue weighted by molar-refractivity contribution is -0.143. The molecule has 2 N–H and O–H groups in total. The van der Waals surface area contributed by atoms with E-state index in [2.05, 4.69) is 10.6 Å². The number of carbonyl (C=O) groups is 2. The van der Waals surface area contributed by atoms with Gasteiger partial charge in [0.1, 0.15) is 5.82 Å². The van der Waals surface area contributed by atoms with Crippen molar-refractivity contribution in [3.8, 4) is 0 Å². The molecule has 1 aromatic rings. The van der Waals surface area contributed by atoms with Gasteiger partial charge in [0.2, 0.25) is 0 Å². The van der Waals surface area contributed by atoms with Crippen LogP contribution >= 0.6 is 11.6 Å². The smallest absolute Gasteiger partial charge is 0.313 e. The Morgan fingerprint density at radius 1 is 1.32 bits per heavy atom. The molecule has 19 heavy (non-hydrogen) atoms. The van der Waals surface area contributed by atoms with E-state index in [1.165, 1.54) is 11.0 Å². The normalized spacial score (nSPS) is 15.2. The Labute approximate surface area is 114 Å². The molecule has 0 saturated carbocycles.